The van der Waals surface area contributed by atoms with Crippen LogP contribution in [0.25, 0.3) is 16.9 Å². The maximum absolute atomic E-state index is 12.7. The van der Waals surface area contributed by atoms with Gasteiger partial charge in [-0.05, 0) is 38.7 Å². The van der Waals surface area contributed by atoms with E-state index in [1.54, 1.807) is 0 Å². The van der Waals surface area contributed by atoms with Gasteiger partial charge in [0.15, 0.2) is 5.69 Å². The van der Waals surface area contributed by atoms with Crippen LogP contribution in [0, 0.1) is 0 Å². The largest absolute Gasteiger partial charge is 0.490 e. The van der Waals surface area contributed by atoms with Crippen LogP contribution in [0.2, 0.25) is 0 Å². The van der Waals surface area contributed by atoms with Crippen molar-refractivity contribution in [1.29, 1.82) is 0 Å². The minimum atomic E-state index is -5.08. The summed E-state index contributed by atoms with van der Waals surface area (Å²) in [7, 11) is 4.13. The monoisotopic (exact) mass is 481 g/mol. The number of likely N-dealkylation sites (N-methyl/N-ethyl adjacent to an activating group) is 1. The highest BCUT2D eigenvalue weighted by Crippen LogP contribution is 2.23. The first-order valence-corrected chi connectivity index (χ1v) is 10.9. The highest BCUT2D eigenvalue weighted by Gasteiger charge is 2.38. The van der Waals surface area contributed by atoms with Gasteiger partial charge < -0.3 is 19.9 Å². The molecule has 2 N–H and O–H groups in total. The van der Waals surface area contributed by atoms with Crippen molar-refractivity contribution >= 4 is 17.4 Å². The van der Waals surface area contributed by atoms with Crippen molar-refractivity contribution in [2.75, 3.05) is 27.2 Å². The average molecular weight is 482 g/mol. The van der Waals surface area contributed by atoms with Crippen molar-refractivity contribution in [1.82, 2.24) is 24.2 Å². The van der Waals surface area contributed by atoms with Gasteiger partial charge in [0.25, 0.3) is 5.91 Å². The van der Waals surface area contributed by atoms with Gasteiger partial charge in [0.1, 0.15) is 5.82 Å². The Morgan fingerprint density at radius 3 is 2.47 bits per heavy atom. The van der Waals surface area contributed by atoms with Gasteiger partial charge in [0.05, 0.1) is 5.52 Å². The highest BCUT2D eigenvalue weighted by atomic mass is 19.4. The second kappa shape index (κ2) is 12.2. The molecule has 0 saturated heterocycles. The average Bonchev–Trinajstić information content (AvgIpc) is 3.39. The molecule has 3 heterocycles. The van der Waals surface area contributed by atoms with Crippen molar-refractivity contribution in [3.63, 3.8) is 0 Å². The van der Waals surface area contributed by atoms with Crippen molar-refractivity contribution in [3.05, 3.63) is 48.5 Å². The van der Waals surface area contributed by atoms with E-state index in [2.05, 4.69) is 54.3 Å². The Bertz CT molecular complexity index is 1090. The summed E-state index contributed by atoms with van der Waals surface area (Å²) in [6.45, 7) is 4.74. The number of unbranched alkanes of at least 4 members (excludes halogenated alkanes) is 2. The molecule has 3 aromatic heterocycles. The molecule has 0 aliphatic rings. The number of rotatable bonds is 9. The third-order valence-corrected chi connectivity index (χ3v) is 4.89. The summed E-state index contributed by atoms with van der Waals surface area (Å²) in [4.78, 5) is 28.4. The number of pyridine rings is 1. The van der Waals surface area contributed by atoms with Gasteiger partial charge in [0.2, 0.25) is 0 Å². The molecule has 11 heteroatoms. The van der Waals surface area contributed by atoms with Gasteiger partial charge in [-0.1, -0.05) is 25.8 Å². The Morgan fingerprint density at radius 2 is 1.85 bits per heavy atom. The summed E-state index contributed by atoms with van der Waals surface area (Å²) in [5, 5.41) is 10.1. The quantitative estimate of drug-likeness (QED) is 0.452. The molecule has 0 bridgehead atoms. The molecule has 34 heavy (non-hydrogen) atoms. The van der Waals surface area contributed by atoms with E-state index in [9.17, 15) is 18.0 Å². The second-order valence-corrected chi connectivity index (χ2v) is 7.95. The Morgan fingerprint density at radius 1 is 1.15 bits per heavy atom. The van der Waals surface area contributed by atoms with Crippen LogP contribution in [0.3, 0.4) is 0 Å². The number of aromatic nitrogens is 3. The van der Waals surface area contributed by atoms with Gasteiger partial charge in [-0.2, -0.15) is 13.2 Å². The predicted molar refractivity (Wildman–Crippen MR) is 123 cm³/mol. The number of carboxylic acids is 1. The minimum Gasteiger partial charge on any atom is -0.475 e. The second-order valence-electron chi connectivity index (χ2n) is 7.95. The SMILES string of the molecule is CCCCCNC(=O)c1nc(-c2ccn(CCN(C)C)c2)n2ccccc12.O=C(O)C(F)(F)F. The molecule has 0 unspecified atom stereocenters. The van der Waals surface area contributed by atoms with Crippen LogP contribution >= 0.6 is 0 Å². The third kappa shape index (κ3) is 7.62. The van der Waals surface area contributed by atoms with E-state index in [1.165, 1.54) is 0 Å². The normalized spacial score (nSPS) is 11.4. The standard InChI is InChI=1S/C21H29N5O.C2HF3O2/c1-4-5-7-11-22-21(27)19-18-9-6-8-12-26(18)20(23-19)17-10-13-25(16-17)15-14-24(2)3;3-2(4,5)1(6)7/h6,8-10,12-13,16H,4-5,7,11,14-15H2,1-3H3,(H,22,27);(H,6,7). The fourth-order valence-corrected chi connectivity index (χ4v) is 3.10. The van der Waals surface area contributed by atoms with E-state index in [0.29, 0.717) is 12.2 Å². The predicted octanol–water partition coefficient (Wildman–Crippen LogP) is 3.92. The lowest BCUT2D eigenvalue weighted by Crippen LogP contribution is -2.25. The number of imidazole rings is 1. The van der Waals surface area contributed by atoms with Crippen molar-refractivity contribution < 1.29 is 27.9 Å². The van der Waals surface area contributed by atoms with Crippen molar-refractivity contribution in [3.8, 4) is 11.4 Å². The fourth-order valence-electron chi connectivity index (χ4n) is 3.10. The van der Waals surface area contributed by atoms with E-state index >= 15 is 0 Å². The Balaban J connectivity index is 0.000000509. The minimum absolute atomic E-state index is 0.104. The molecule has 0 saturated carbocycles. The maximum Gasteiger partial charge on any atom is 0.490 e. The molecular weight excluding hydrogens is 451 g/mol. The molecule has 0 atom stereocenters. The number of fused-ring (bicyclic) bond motifs is 1. The van der Waals surface area contributed by atoms with Gasteiger partial charge in [0, 0.05) is 43.8 Å². The van der Waals surface area contributed by atoms with E-state index in [4.69, 9.17) is 14.9 Å². The van der Waals surface area contributed by atoms with Crippen LogP contribution in [0.15, 0.2) is 42.9 Å². The number of halogens is 3. The molecule has 0 aliphatic heterocycles. The molecule has 0 aromatic carbocycles. The van der Waals surface area contributed by atoms with Gasteiger partial charge in [-0.15, -0.1) is 0 Å². The van der Waals surface area contributed by atoms with E-state index < -0.39 is 12.1 Å². The van der Waals surface area contributed by atoms with Crippen molar-refractivity contribution in [2.24, 2.45) is 0 Å². The van der Waals surface area contributed by atoms with Gasteiger partial charge in [-0.25, -0.2) is 9.78 Å². The number of carbonyl (C=O) groups excluding carboxylic acids is 1. The summed E-state index contributed by atoms with van der Waals surface area (Å²) in [6, 6.07) is 7.90. The first-order chi connectivity index (χ1) is 16.0. The Hall–Kier alpha value is -3.34. The topological polar surface area (TPSA) is 91.9 Å². The third-order valence-electron chi connectivity index (χ3n) is 4.89. The smallest absolute Gasteiger partial charge is 0.475 e. The lowest BCUT2D eigenvalue weighted by atomic mass is 10.2. The number of amides is 1. The lowest BCUT2D eigenvalue weighted by molar-refractivity contribution is -0.192. The highest BCUT2D eigenvalue weighted by molar-refractivity contribution is 6.00. The molecule has 186 valence electrons. The molecule has 3 rings (SSSR count). The summed E-state index contributed by atoms with van der Waals surface area (Å²) < 4.78 is 35.9. The molecule has 3 aromatic rings. The molecule has 8 nitrogen and oxygen atoms in total. The summed E-state index contributed by atoms with van der Waals surface area (Å²) in [5.41, 5.74) is 2.34. The first kappa shape index (κ1) is 26.9. The lowest BCUT2D eigenvalue weighted by Gasteiger charge is -2.09. The molecule has 0 aliphatic carbocycles. The molecule has 0 fully saturated rings. The Labute approximate surface area is 196 Å². The number of aliphatic carboxylic acids is 1. The van der Waals surface area contributed by atoms with E-state index in [0.717, 1.165) is 49.3 Å². The molecule has 1 amide bonds. The number of hydrogen-bond donors (Lipinski definition) is 2. The number of carboxylic acid groups (broad SMARTS) is 1. The summed E-state index contributed by atoms with van der Waals surface area (Å²) in [5.74, 6) is -2.06. The van der Waals surface area contributed by atoms with Crippen LogP contribution in [0.5, 0.6) is 0 Å². The number of hydrogen-bond acceptors (Lipinski definition) is 4. The van der Waals surface area contributed by atoms with Crippen LogP contribution in [-0.4, -0.2) is 69.2 Å². The van der Waals surface area contributed by atoms with Crippen LogP contribution in [-0.2, 0) is 11.3 Å². The Kier molecular flexibility index (Phi) is 9.67. The summed E-state index contributed by atoms with van der Waals surface area (Å²) >= 11 is 0. The van der Waals surface area contributed by atoms with Crippen molar-refractivity contribution in [2.45, 2.75) is 38.9 Å². The van der Waals surface area contributed by atoms with E-state index in [1.807, 2.05) is 28.8 Å². The molecule has 0 spiro atoms. The van der Waals surface area contributed by atoms with Crippen LogP contribution in [0.4, 0.5) is 13.2 Å². The first-order valence-electron chi connectivity index (χ1n) is 10.9. The zero-order valence-electron chi connectivity index (χ0n) is 19.5. The number of nitrogens with one attached hydrogen (secondary N) is 1. The van der Waals surface area contributed by atoms with Gasteiger partial charge in [-0.3, -0.25) is 9.20 Å². The number of carbonyl (C=O) groups is 2. The van der Waals surface area contributed by atoms with Crippen LogP contribution in [0.1, 0.15) is 36.7 Å². The van der Waals surface area contributed by atoms with Crippen LogP contribution < -0.4 is 5.32 Å². The van der Waals surface area contributed by atoms with E-state index in [-0.39, 0.29) is 5.91 Å². The molecular formula is C23H30F3N5O3. The zero-order chi connectivity index (χ0) is 25.3. The number of nitrogens with zero attached hydrogens (tertiary/aromatic N) is 4. The molecule has 0 radical (unpaired) electrons. The van der Waals surface area contributed by atoms with Gasteiger partial charge >= 0.3 is 12.1 Å². The fraction of sp³-hybridized carbons (Fsp3) is 0.435. The zero-order valence-corrected chi connectivity index (χ0v) is 19.5. The maximum atomic E-state index is 12.7. The number of alkyl halides is 3. The summed E-state index contributed by atoms with van der Waals surface area (Å²) in [6.07, 6.45) is 4.29.